The van der Waals surface area contributed by atoms with Crippen LogP contribution in [0.1, 0.15) is 33.6 Å². The lowest BCUT2D eigenvalue weighted by molar-refractivity contribution is 0.0946. The second kappa shape index (κ2) is 11.7. The quantitative estimate of drug-likeness (QED) is 0.205. The lowest BCUT2D eigenvalue weighted by Gasteiger charge is -2.10. The maximum Gasteiger partial charge on any atom is 0.323 e. The zero-order valence-electron chi connectivity index (χ0n) is 17.3. The van der Waals surface area contributed by atoms with E-state index in [2.05, 4.69) is 21.3 Å². The number of hydrogen-bond donors (Lipinski definition) is 8. The van der Waals surface area contributed by atoms with Crippen molar-refractivity contribution in [1.82, 2.24) is 10.6 Å². The molecule has 168 valence electrons. The number of hydrogen-bond acceptors (Lipinski definition) is 5. The fourth-order valence-corrected chi connectivity index (χ4v) is 2.53. The van der Waals surface area contributed by atoms with Gasteiger partial charge in [-0.05, 0) is 48.5 Å². The van der Waals surface area contributed by atoms with Crippen LogP contribution in [0.2, 0.25) is 0 Å². The third-order valence-electron chi connectivity index (χ3n) is 4.17. The van der Waals surface area contributed by atoms with Crippen LogP contribution in [0.4, 0.5) is 16.2 Å². The Morgan fingerprint density at radius 3 is 1.31 bits per heavy atom. The molecule has 11 nitrogen and oxygen atoms in total. The molecule has 11 heteroatoms. The summed E-state index contributed by atoms with van der Waals surface area (Å²) >= 11 is 0. The summed E-state index contributed by atoms with van der Waals surface area (Å²) < 4.78 is 0. The third-order valence-corrected chi connectivity index (χ3v) is 4.17. The Morgan fingerprint density at radius 1 is 0.656 bits per heavy atom. The molecule has 0 unspecified atom stereocenters. The summed E-state index contributed by atoms with van der Waals surface area (Å²) in [6.07, 6.45) is 0.550. The van der Waals surface area contributed by atoms with Gasteiger partial charge in [0.05, 0.1) is 11.7 Å². The summed E-state index contributed by atoms with van der Waals surface area (Å²) in [4.78, 5) is 36.2. The topological polar surface area (TPSA) is 199 Å². The predicted molar refractivity (Wildman–Crippen MR) is 123 cm³/mol. The van der Waals surface area contributed by atoms with E-state index in [1.165, 1.54) is 0 Å². The van der Waals surface area contributed by atoms with Crippen LogP contribution in [0.5, 0.6) is 0 Å². The van der Waals surface area contributed by atoms with Gasteiger partial charge in [-0.2, -0.15) is 0 Å². The monoisotopic (exact) mass is 438 g/mol. The van der Waals surface area contributed by atoms with Crippen molar-refractivity contribution in [1.29, 1.82) is 10.8 Å². The van der Waals surface area contributed by atoms with Crippen molar-refractivity contribution in [2.45, 2.75) is 12.8 Å². The van der Waals surface area contributed by atoms with Gasteiger partial charge in [0.25, 0.3) is 11.8 Å². The van der Waals surface area contributed by atoms with Crippen molar-refractivity contribution in [3.63, 3.8) is 0 Å². The first-order valence-electron chi connectivity index (χ1n) is 9.75. The highest BCUT2D eigenvalue weighted by Crippen LogP contribution is 2.13. The number of nitrogens with one attached hydrogen (secondary N) is 6. The van der Waals surface area contributed by atoms with Crippen LogP contribution < -0.4 is 32.7 Å². The third kappa shape index (κ3) is 8.14. The largest absolute Gasteiger partial charge is 0.388 e. The van der Waals surface area contributed by atoms with Gasteiger partial charge in [-0.3, -0.25) is 20.4 Å². The molecule has 0 bridgehead atoms. The van der Waals surface area contributed by atoms with Gasteiger partial charge >= 0.3 is 6.03 Å². The molecule has 0 aliphatic carbocycles. The van der Waals surface area contributed by atoms with E-state index in [1.807, 2.05) is 0 Å². The Bertz CT molecular complexity index is 908. The maximum absolute atomic E-state index is 12.2. The average Bonchev–Trinajstić information content (AvgIpc) is 2.74. The molecule has 10 N–H and O–H groups in total. The summed E-state index contributed by atoms with van der Waals surface area (Å²) in [5.74, 6) is -0.600. The Kier molecular flexibility index (Phi) is 8.72. The van der Waals surface area contributed by atoms with Gasteiger partial charge in [0, 0.05) is 48.4 Å². The van der Waals surface area contributed by atoms with Gasteiger partial charge in [0.1, 0.15) is 0 Å². The van der Waals surface area contributed by atoms with Crippen molar-refractivity contribution >= 4 is 40.9 Å². The number of carbonyl (C=O) groups is 3. The number of amidine groups is 2. The molecule has 0 atom stereocenters. The number of anilines is 2. The van der Waals surface area contributed by atoms with E-state index in [9.17, 15) is 14.4 Å². The molecule has 0 spiro atoms. The molecule has 0 aliphatic rings. The normalized spacial score (nSPS) is 10.0. The second-order valence-electron chi connectivity index (χ2n) is 6.80. The minimum Gasteiger partial charge on any atom is -0.388 e. The molecule has 0 aliphatic heterocycles. The van der Waals surface area contributed by atoms with Crippen LogP contribution in [-0.4, -0.2) is 42.6 Å². The van der Waals surface area contributed by atoms with Gasteiger partial charge in [-0.1, -0.05) is 0 Å². The van der Waals surface area contributed by atoms with Crippen LogP contribution in [0, 0.1) is 10.8 Å². The Morgan fingerprint density at radius 2 is 1.00 bits per heavy atom. The number of urea groups is 1. The van der Waals surface area contributed by atoms with E-state index in [0.717, 1.165) is 0 Å². The minimum absolute atomic E-state index is 0.00145. The van der Waals surface area contributed by atoms with Gasteiger partial charge in [0.2, 0.25) is 0 Å². The lowest BCUT2D eigenvalue weighted by atomic mass is 10.2. The number of carbonyl (C=O) groups excluding carboxylic acids is 3. The molecule has 0 heterocycles. The molecule has 0 fully saturated rings. The van der Waals surface area contributed by atoms with Crippen molar-refractivity contribution in [3.8, 4) is 0 Å². The molecule has 2 rings (SSSR count). The first kappa shape index (κ1) is 23.9. The van der Waals surface area contributed by atoms with E-state index >= 15 is 0 Å². The van der Waals surface area contributed by atoms with E-state index in [-0.39, 0.29) is 49.4 Å². The maximum atomic E-state index is 12.2. The van der Waals surface area contributed by atoms with Crippen molar-refractivity contribution < 1.29 is 14.4 Å². The number of rotatable bonds is 10. The zero-order valence-corrected chi connectivity index (χ0v) is 17.3. The van der Waals surface area contributed by atoms with E-state index in [1.54, 1.807) is 48.5 Å². The van der Waals surface area contributed by atoms with E-state index in [0.29, 0.717) is 22.5 Å². The standard InChI is InChI=1S/C21H26N8O3/c22-17(23)9-11-26-19(30)13-1-5-15(6-2-13)28-21(32)29-16-7-3-14(4-8-16)20(31)27-12-10-18(24)25/h1-8H,9-12H2,(H3,22,23)(H3,24,25)(H,26,30)(H,27,31)(H2,28,29,32). The summed E-state index contributed by atoms with van der Waals surface area (Å²) in [5, 5.41) is 24.9. The van der Waals surface area contributed by atoms with Gasteiger partial charge in [0.15, 0.2) is 0 Å². The molecule has 0 radical (unpaired) electrons. The highest BCUT2D eigenvalue weighted by molar-refractivity contribution is 6.01. The molecular weight excluding hydrogens is 412 g/mol. The zero-order chi connectivity index (χ0) is 23.5. The van der Waals surface area contributed by atoms with Gasteiger partial charge in [-0.25, -0.2) is 4.79 Å². The molecule has 2 aromatic carbocycles. The molecule has 0 saturated carbocycles. The molecule has 0 saturated heterocycles. The lowest BCUT2D eigenvalue weighted by Crippen LogP contribution is -2.27. The van der Waals surface area contributed by atoms with Crippen LogP contribution in [-0.2, 0) is 0 Å². The summed E-state index contributed by atoms with van der Waals surface area (Å²) in [5.41, 5.74) is 12.3. The summed E-state index contributed by atoms with van der Waals surface area (Å²) in [7, 11) is 0. The first-order chi connectivity index (χ1) is 15.2. The van der Waals surface area contributed by atoms with Crippen LogP contribution in [0.25, 0.3) is 0 Å². The van der Waals surface area contributed by atoms with Crippen LogP contribution >= 0.6 is 0 Å². The molecule has 0 aromatic heterocycles. The van der Waals surface area contributed by atoms with Crippen molar-refractivity contribution in [2.75, 3.05) is 23.7 Å². The molecule has 4 amide bonds. The Labute approximate surface area is 185 Å². The number of benzene rings is 2. The molecular formula is C21H26N8O3. The smallest absolute Gasteiger partial charge is 0.323 e. The van der Waals surface area contributed by atoms with Crippen molar-refractivity contribution in [2.24, 2.45) is 11.5 Å². The van der Waals surface area contributed by atoms with Gasteiger partial charge < -0.3 is 32.7 Å². The fraction of sp³-hybridized carbons (Fsp3) is 0.190. The van der Waals surface area contributed by atoms with E-state index in [4.69, 9.17) is 22.3 Å². The minimum atomic E-state index is -0.484. The summed E-state index contributed by atoms with van der Waals surface area (Å²) in [6, 6.07) is 12.2. The Balaban J connectivity index is 1.83. The molecule has 2 aromatic rings. The van der Waals surface area contributed by atoms with Crippen LogP contribution in [0.3, 0.4) is 0 Å². The first-order valence-corrected chi connectivity index (χ1v) is 9.75. The van der Waals surface area contributed by atoms with Crippen molar-refractivity contribution in [3.05, 3.63) is 59.7 Å². The Hall–Kier alpha value is -4.41. The van der Waals surface area contributed by atoms with E-state index < -0.39 is 6.03 Å². The number of nitrogens with two attached hydrogens (primary N) is 2. The average molecular weight is 438 g/mol. The highest BCUT2D eigenvalue weighted by atomic mass is 16.2. The SMILES string of the molecule is N=C(N)CCNC(=O)c1ccc(NC(=O)Nc2ccc(C(=O)NCCC(=N)N)cc2)cc1. The highest BCUT2D eigenvalue weighted by Gasteiger charge is 2.08. The number of amides is 4. The predicted octanol–water partition coefficient (Wildman–Crippen LogP) is 1.44. The molecule has 32 heavy (non-hydrogen) atoms. The van der Waals surface area contributed by atoms with Gasteiger partial charge in [-0.15, -0.1) is 0 Å². The second-order valence-corrected chi connectivity index (χ2v) is 6.80. The summed E-state index contributed by atoms with van der Waals surface area (Å²) in [6.45, 7) is 0.547. The van der Waals surface area contributed by atoms with Crippen LogP contribution in [0.15, 0.2) is 48.5 Å². The fourth-order valence-electron chi connectivity index (χ4n) is 2.53.